The standard InChI is InChI=1S/C38H70OSi/c1-7-8-9-10-11-12-13-14-15-16-17-18-19-20-21-22-23-24-25-26-27-28-29-30-31-32-33-34-35-36-37-39-40(5,6)38(2,3)4/h11-12,14-15,17-18,20-21,25-26H,7-10,13,16,19,22-24,27-37H2,1-6H3/b12-11-,15-14-,18-17-,21-20-,26-25-. The fourth-order valence-electron chi connectivity index (χ4n) is 4.30. The maximum Gasteiger partial charge on any atom is 0.191 e. The maximum absolute atomic E-state index is 6.28. The molecule has 0 rings (SSSR count). The Bertz CT molecular complexity index is 674. The fourth-order valence-corrected chi connectivity index (χ4v) is 5.38. The van der Waals surface area contributed by atoms with Gasteiger partial charge in [-0.1, -0.05) is 146 Å². The van der Waals surface area contributed by atoms with E-state index in [-0.39, 0.29) is 0 Å². The number of hydrogen-bond acceptors (Lipinski definition) is 1. The summed E-state index contributed by atoms with van der Waals surface area (Å²) in [6.45, 7) is 14.9. The zero-order valence-corrected chi connectivity index (χ0v) is 29.0. The molecule has 0 aliphatic carbocycles. The van der Waals surface area contributed by atoms with Gasteiger partial charge in [-0.25, -0.2) is 0 Å². The van der Waals surface area contributed by atoms with Crippen LogP contribution in [-0.2, 0) is 4.43 Å². The average Bonchev–Trinajstić information content (AvgIpc) is 2.91. The van der Waals surface area contributed by atoms with Gasteiger partial charge in [0.2, 0.25) is 0 Å². The lowest BCUT2D eigenvalue weighted by molar-refractivity contribution is 0.277. The van der Waals surface area contributed by atoms with Crippen LogP contribution >= 0.6 is 0 Å². The van der Waals surface area contributed by atoms with Gasteiger partial charge in [-0.05, 0) is 88.8 Å². The molecule has 2 heteroatoms. The third-order valence-corrected chi connectivity index (χ3v) is 12.7. The molecular weight excluding hydrogens is 501 g/mol. The zero-order valence-electron chi connectivity index (χ0n) is 28.0. The van der Waals surface area contributed by atoms with E-state index in [9.17, 15) is 0 Å². The molecule has 232 valence electrons. The highest BCUT2D eigenvalue weighted by molar-refractivity contribution is 6.74. The minimum Gasteiger partial charge on any atom is -0.417 e. The van der Waals surface area contributed by atoms with E-state index in [1.54, 1.807) is 0 Å². The summed E-state index contributed by atoms with van der Waals surface area (Å²) in [4.78, 5) is 0. The van der Waals surface area contributed by atoms with Crippen molar-refractivity contribution in [1.82, 2.24) is 0 Å². The molecule has 0 saturated heterocycles. The number of hydrogen-bond donors (Lipinski definition) is 0. The van der Waals surface area contributed by atoms with Gasteiger partial charge in [0.05, 0.1) is 0 Å². The van der Waals surface area contributed by atoms with Crippen LogP contribution in [-0.4, -0.2) is 14.9 Å². The lowest BCUT2D eigenvalue weighted by Gasteiger charge is -2.36. The number of unbranched alkanes of at least 4 members (excludes halogenated alkanes) is 14. The van der Waals surface area contributed by atoms with Gasteiger partial charge in [0.15, 0.2) is 8.32 Å². The molecule has 0 aromatic rings. The van der Waals surface area contributed by atoms with Gasteiger partial charge < -0.3 is 4.43 Å². The van der Waals surface area contributed by atoms with Crippen LogP contribution in [0.25, 0.3) is 0 Å². The molecule has 0 atom stereocenters. The molecule has 0 unspecified atom stereocenters. The predicted octanol–water partition coefficient (Wildman–Crippen LogP) is 13.6. The molecule has 0 aromatic heterocycles. The highest BCUT2D eigenvalue weighted by atomic mass is 28.4. The topological polar surface area (TPSA) is 9.23 Å². The Kier molecular flexibility index (Phi) is 27.2. The third-order valence-electron chi connectivity index (χ3n) is 8.15. The van der Waals surface area contributed by atoms with Crippen molar-refractivity contribution in [1.29, 1.82) is 0 Å². The van der Waals surface area contributed by atoms with E-state index < -0.39 is 8.32 Å². The van der Waals surface area contributed by atoms with E-state index in [1.807, 2.05) is 0 Å². The molecule has 0 fully saturated rings. The molecule has 0 bridgehead atoms. The van der Waals surface area contributed by atoms with Crippen molar-refractivity contribution in [3.05, 3.63) is 60.8 Å². The van der Waals surface area contributed by atoms with Gasteiger partial charge in [0.25, 0.3) is 0 Å². The van der Waals surface area contributed by atoms with Crippen molar-refractivity contribution in [2.24, 2.45) is 0 Å². The molecule has 0 aliphatic rings. The van der Waals surface area contributed by atoms with E-state index in [0.717, 1.165) is 25.9 Å². The van der Waals surface area contributed by atoms with Crippen LogP contribution in [0.1, 0.15) is 156 Å². The predicted molar refractivity (Wildman–Crippen MR) is 187 cm³/mol. The summed E-state index contributed by atoms with van der Waals surface area (Å²) >= 11 is 0. The van der Waals surface area contributed by atoms with E-state index in [4.69, 9.17) is 4.43 Å². The minimum absolute atomic E-state index is 0.334. The lowest BCUT2D eigenvalue weighted by atomic mass is 10.1. The van der Waals surface area contributed by atoms with Gasteiger partial charge >= 0.3 is 0 Å². The Hall–Kier alpha value is -1.12. The zero-order chi connectivity index (χ0) is 29.6. The molecule has 40 heavy (non-hydrogen) atoms. The van der Waals surface area contributed by atoms with E-state index in [2.05, 4.69) is 102 Å². The quantitative estimate of drug-likeness (QED) is 0.0542. The summed E-state index contributed by atoms with van der Waals surface area (Å²) in [5.74, 6) is 0. The summed E-state index contributed by atoms with van der Waals surface area (Å²) in [5, 5.41) is 0.334. The highest BCUT2D eigenvalue weighted by Gasteiger charge is 2.36. The summed E-state index contributed by atoms with van der Waals surface area (Å²) in [6.07, 6.45) is 48.9. The summed E-state index contributed by atoms with van der Waals surface area (Å²) in [6, 6.07) is 0. The maximum atomic E-state index is 6.28. The van der Waals surface area contributed by atoms with Crippen molar-refractivity contribution < 1.29 is 4.43 Å². The summed E-state index contributed by atoms with van der Waals surface area (Å²) in [7, 11) is -1.54. The normalized spacial score (nSPS) is 13.4. The Balaban J connectivity index is 3.39. The van der Waals surface area contributed by atoms with Crippen molar-refractivity contribution in [2.75, 3.05) is 6.61 Å². The largest absolute Gasteiger partial charge is 0.417 e. The monoisotopic (exact) mass is 571 g/mol. The second-order valence-corrected chi connectivity index (χ2v) is 17.9. The molecule has 1 nitrogen and oxygen atoms in total. The molecule has 0 aliphatic heterocycles. The van der Waals surface area contributed by atoms with Crippen LogP contribution in [0.5, 0.6) is 0 Å². The van der Waals surface area contributed by atoms with Crippen LogP contribution in [0.2, 0.25) is 18.1 Å². The molecule has 0 radical (unpaired) electrons. The van der Waals surface area contributed by atoms with E-state index >= 15 is 0 Å². The van der Waals surface area contributed by atoms with Crippen LogP contribution < -0.4 is 0 Å². The average molecular weight is 571 g/mol. The Morgan fingerprint density at radius 3 is 1.25 bits per heavy atom. The molecule has 0 N–H and O–H groups in total. The fraction of sp³-hybridized carbons (Fsp3) is 0.737. The van der Waals surface area contributed by atoms with Gasteiger partial charge in [-0.3, -0.25) is 0 Å². The van der Waals surface area contributed by atoms with E-state index in [0.29, 0.717) is 5.04 Å². The van der Waals surface area contributed by atoms with Crippen LogP contribution in [0.4, 0.5) is 0 Å². The first-order valence-electron chi connectivity index (χ1n) is 17.2. The molecular formula is C38H70OSi. The second kappa shape index (κ2) is 28.0. The van der Waals surface area contributed by atoms with E-state index in [1.165, 1.54) is 109 Å². The number of rotatable bonds is 27. The Labute approximate surface area is 253 Å². The minimum atomic E-state index is -1.54. The summed E-state index contributed by atoms with van der Waals surface area (Å²) < 4.78 is 6.28. The van der Waals surface area contributed by atoms with Crippen LogP contribution in [0.15, 0.2) is 60.8 Å². The first kappa shape index (κ1) is 38.9. The Morgan fingerprint density at radius 2 is 0.800 bits per heavy atom. The Morgan fingerprint density at radius 1 is 0.450 bits per heavy atom. The lowest BCUT2D eigenvalue weighted by Crippen LogP contribution is -2.40. The second-order valence-electron chi connectivity index (χ2n) is 13.1. The molecule has 0 spiro atoms. The molecule has 0 aromatic carbocycles. The highest BCUT2D eigenvalue weighted by Crippen LogP contribution is 2.36. The van der Waals surface area contributed by atoms with Crippen LogP contribution in [0.3, 0.4) is 0 Å². The van der Waals surface area contributed by atoms with Crippen molar-refractivity contribution in [3.63, 3.8) is 0 Å². The van der Waals surface area contributed by atoms with Crippen molar-refractivity contribution in [3.8, 4) is 0 Å². The molecule has 0 amide bonds. The smallest absolute Gasteiger partial charge is 0.191 e. The third kappa shape index (κ3) is 27.1. The van der Waals surface area contributed by atoms with Crippen molar-refractivity contribution >= 4 is 8.32 Å². The van der Waals surface area contributed by atoms with Gasteiger partial charge in [0.1, 0.15) is 0 Å². The molecule has 0 saturated carbocycles. The van der Waals surface area contributed by atoms with Gasteiger partial charge in [-0.15, -0.1) is 0 Å². The SMILES string of the molecule is CCCCC/C=C\C/C=C\C/C=C\C/C=C\CCC/C=C\CCCCCCCCCCCO[Si](C)(C)C(C)(C)C. The first-order chi connectivity index (χ1) is 19.3. The van der Waals surface area contributed by atoms with Crippen LogP contribution in [0, 0.1) is 0 Å². The summed E-state index contributed by atoms with van der Waals surface area (Å²) in [5.41, 5.74) is 0. The van der Waals surface area contributed by atoms with Gasteiger partial charge in [-0.2, -0.15) is 0 Å². The number of allylic oxidation sites excluding steroid dienone is 10. The van der Waals surface area contributed by atoms with Crippen molar-refractivity contribution in [2.45, 2.75) is 174 Å². The first-order valence-corrected chi connectivity index (χ1v) is 20.1. The van der Waals surface area contributed by atoms with Gasteiger partial charge in [0, 0.05) is 6.61 Å². The molecule has 0 heterocycles.